The van der Waals surface area contributed by atoms with E-state index in [1.807, 2.05) is 26.1 Å². The molecule has 0 amide bonds. The van der Waals surface area contributed by atoms with Gasteiger partial charge in [0.15, 0.2) is 0 Å². The van der Waals surface area contributed by atoms with Crippen molar-refractivity contribution in [1.82, 2.24) is 10.4 Å². The summed E-state index contributed by atoms with van der Waals surface area (Å²) < 4.78 is 8.28. The van der Waals surface area contributed by atoms with E-state index in [2.05, 4.69) is 27.9 Å². The normalized spacial score (nSPS) is 13.0. The van der Waals surface area contributed by atoms with E-state index in [9.17, 15) is 0 Å². The zero-order valence-electron chi connectivity index (χ0n) is 11.9. The van der Waals surface area contributed by atoms with Crippen LogP contribution in [0, 0.1) is 0 Å². The van der Waals surface area contributed by atoms with Gasteiger partial charge in [0.2, 0.25) is 0 Å². The van der Waals surface area contributed by atoms with Crippen molar-refractivity contribution >= 4 is 32.1 Å². The van der Waals surface area contributed by atoms with Gasteiger partial charge in [0, 0.05) is 20.5 Å². The predicted molar refractivity (Wildman–Crippen MR) is 88.9 cm³/mol. The van der Waals surface area contributed by atoms with E-state index in [4.69, 9.17) is 10.6 Å². The third kappa shape index (κ3) is 3.08. The van der Waals surface area contributed by atoms with E-state index in [1.54, 1.807) is 28.9 Å². The molecule has 1 atom stereocenters. The summed E-state index contributed by atoms with van der Waals surface area (Å²) in [5, 5.41) is 2.11. The minimum absolute atomic E-state index is 0.0715. The molecule has 0 saturated carbocycles. The Morgan fingerprint density at radius 1 is 1.24 bits per heavy atom. The van der Waals surface area contributed by atoms with E-state index in [1.165, 1.54) is 14.3 Å². The quantitative estimate of drug-likeness (QED) is 0.556. The standard InChI is InChI=1S/C15H17N3OS2/c1-9(2)19-11-5-10(7-17-8-11)15(18-16)14-6-13-12(21-14)3-4-20-13/h3-9,15,18H,16H2,1-2H3. The Balaban J connectivity index is 1.93. The summed E-state index contributed by atoms with van der Waals surface area (Å²) in [5.41, 5.74) is 3.89. The molecule has 3 heterocycles. The number of hydrogen-bond donors (Lipinski definition) is 2. The fourth-order valence-corrected chi connectivity index (χ4v) is 4.41. The smallest absolute Gasteiger partial charge is 0.138 e. The molecule has 0 saturated heterocycles. The molecule has 0 aromatic carbocycles. The van der Waals surface area contributed by atoms with Crippen LogP contribution < -0.4 is 16.0 Å². The number of pyridine rings is 1. The Morgan fingerprint density at radius 2 is 2.10 bits per heavy atom. The number of fused-ring (bicyclic) bond motifs is 1. The predicted octanol–water partition coefficient (Wildman–Crippen LogP) is 3.70. The van der Waals surface area contributed by atoms with E-state index < -0.39 is 0 Å². The van der Waals surface area contributed by atoms with Gasteiger partial charge < -0.3 is 4.74 Å². The lowest BCUT2D eigenvalue weighted by Crippen LogP contribution is -2.28. The summed E-state index contributed by atoms with van der Waals surface area (Å²) in [6.45, 7) is 4.00. The topological polar surface area (TPSA) is 60.2 Å². The van der Waals surface area contributed by atoms with Crippen molar-refractivity contribution in [2.24, 2.45) is 5.84 Å². The molecule has 0 aliphatic rings. The molecule has 0 radical (unpaired) electrons. The van der Waals surface area contributed by atoms with Crippen molar-refractivity contribution in [2.75, 3.05) is 0 Å². The first-order valence-corrected chi connectivity index (χ1v) is 8.41. The van der Waals surface area contributed by atoms with E-state index in [0.717, 1.165) is 11.3 Å². The van der Waals surface area contributed by atoms with Gasteiger partial charge in [-0.25, -0.2) is 5.43 Å². The van der Waals surface area contributed by atoms with Gasteiger partial charge in [0.25, 0.3) is 0 Å². The van der Waals surface area contributed by atoms with Crippen LogP contribution in [0.25, 0.3) is 9.40 Å². The lowest BCUT2D eigenvalue weighted by Gasteiger charge is -2.16. The van der Waals surface area contributed by atoms with Gasteiger partial charge in [0.1, 0.15) is 5.75 Å². The molecule has 110 valence electrons. The van der Waals surface area contributed by atoms with E-state index in [0.29, 0.717) is 0 Å². The van der Waals surface area contributed by atoms with Crippen LogP contribution in [0.15, 0.2) is 36.0 Å². The van der Waals surface area contributed by atoms with Gasteiger partial charge in [-0.2, -0.15) is 0 Å². The molecule has 0 fully saturated rings. The maximum absolute atomic E-state index is 5.77. The van der Waals surface area contributed by atoms with Crippen LogP contribution in [0.3, 0.4) is 0 Å². The van der Waals surface area contributed by atoms with Gasteiger partial charge in [-0.05, 0) is 43.0 Å². The second kappa shape index (κ2) is 6.11. The zero-order chi connectivity index (χ0) is 14.8. The van der Waals surface area contributed by atoms with Gasteiger partial charge >= 0.3 is 0 Å². The molecule has 0 bridgehead atoms. The molecule has 0 aliphatic carbocycles. The van der Waals surface area contributed by atoms with Gasteiger partial charge in [0.05, 0.1) is 18.3 Å². The third-order valence-corrected chi connectivity index (χ3v) is 5.21. The number of aromatic nitrogens is 1. The molecule has 6 heteroatoms. The van der Waals surface area contributed by atoms with Crippen molar-refractivity contribution in [2.45, 2.75) is 26.0 Å². The Kier molecular flexibility index (Phi) is 4.21. The summed E-state index contributed by atoms with van der Waals surface area (Å²) in [5.74, 6) is 6.54. The molecular weight excluding hydrogens is 302 g/mol. The Bertz CT molecular complexity index is 707. The number of nitrogens with two attached hydrogens (primary N) is 1. The van der Waals surface area contributed by atoms with Crippen LogP contribution in [0.1, 0.15) is 30.3 Å². The highest BCUT2D eigenvalue weighted by molar-refractivity contribution is 7.27. The number of thiophene rings is 2. The molecule has 3 rings (SSSR count). The molecule has 0 aliphatic heterocycles. The first-order chi connectivity index (χ1) is 10.2. The summed E-state index contributed by atoms with van der Waals surface area (Å²) in [6.07, 6.45) is 3.67. The van der Waals surface area contributed by atoms with E-state index in [-0.39, 0.29) is 12.1 Å². The minimum Gasteiger partial charge on any atom is -0.489 e. The first kappa shape index (κ1) is 14.5. The molecule has 3 N–H and O–H groups in total. The second-order valence-corrected chi connectivity index (χ2v) is 7.08. The number of nitrogens with zero attached hydrogens (tertiary/aromatic N) is 1. The van der Waals surface area contributed by atoms with Crippen LogP contribution in [0.4, 0.5) is 0 Å². The molecule has 0 spiro atoms. The highest BCUT2D eigenvalue weighted by Gasteiger charge is 2.17. The summed E-state index contributed by atoms with van der Waals surface area (Å²) in [6, 6.07) is 6.24. The number of hydrogen-bond acceptors (Lipinski definition) is 6. The van der Waals surface area contributed by atoms with Crippen molar-refractivity contribution in [3.8, 4) is 5.75 Å². The van der Waals surface area contributed by atoms with Crippen LogP contribution in [0.5, 0.6) is 5.75 Å². The van der Waals surface area contributed by atoms with Crippen molar-refractivity contribution in [3.63, 3.8) is 0 Å². The average Bonchev–Trinajstić information content (AvgIpc) is 3.00. The fraction of sp³-hybridized carbons (Fsp3) is 0.267. The summed E-state index contributed by atoms with van der Waals surface area (Å²) in [4.78, 5) is 5.44. The minimum atomic E-state index is -0.0715. The number of rotatable bonds is 5. The van der Waals surface area contributed by atoms with Crippen LogP contribution >= 0.6 is 22.7 Å². The first-order valence-electron chi connectivity index (χ1n) is 6.72. The highest BCUT2D eigenvalue weighted by atomic mass is 32.1. The number of nitrogens with one attached hydrogen (secondary N) is 1. The number of hydrazine groups is 1. The SMILES string of the molecule is CC(C)Oc1cncc(C(NN)c2cc3sccc3s2)c1. The molecule has 3 aromatic rings. The van der Waals surface area contributed by atoms with Crippen molar-refractivity contribution in [3.05, 3.63) is 46.4 Å². The molecule has 21 heavy (non-hydrogen) atoms. The van der Waals surface area contributed by atoms with Crippen LogP contribution in [0.2, 0.25) is 0 Å². The Morgan fingerprint density at radius 3 is 2.81 bits per heavy atom. The third-order valence-electron chi connectivity index (χ3n) is 3.05. The monoisotopic (exact) mass is 319 g/mol. The van der Waals surface area contributed by atoms with Gasteiger partial charge in [-0.3, -0.25) is 10.8 Å². The van der Waals surface area contributed by atoms with Gasteiger partial charge in [-0.1, -0.05) is 0 Å². The fourth-order valence-electron chi connectivity index (χ4n) is 2.20. The molecule has 3 aromatic heterocycles. The molecular formula is C15H17N3OS2. The molecule has 1 unspecified atom stereocenters. The van der Waals surface area contributed by atoms with Crippen molar-refractivity contribution < 1.29 is 4.74 Å². The van der Waals surface area contributed by atoms with Crippen LogP contribution in [-0.4, -0.2) is 11.1 Å². The van der Waals surface area contributed by atoms with E-state index >= 15 is 0 Å². The Labute approximate surface area is 131 Å². The number of ether oxygens (including phenoxy) is 1. The maximum atomic E-state index is 5.77. The lowest BCUT2D eigenvalue weighted by atomic mass is 10.1. The molecule has 4 nitrogen and oxygen atoms in total. The Hall–Kier alpha value is -1.47. The van der Waals surface area contributed by atoms with Crippen molar-refractivity contribution in [1.29, 1.82) is 0 Å². The maximum Gasteiger partial charge on any atom is 0.138 e. The summed E-state index contributed by atoms with van der Waals surface area (Å²) >= 11 is 3.49. The zero-order valence-corrected chi connectivity index (χ0v) is 13.5. The van der Waals surface area contributed by atoms with Crippen LogP contribution in [-0.2, 0) is 0 Å². The second-order valence-electron chi connectivity index (χ2n) is 5.02. The summed E-state index contributed by atoms with van der Waals surface area (Å²) in [7, 11) is 0. The average molecular weight is 319 g/mol. The lowest BCUT2D eigenvalue weighted by molar-refractivity contribution is 0.241. The largest absolute Gasteiger partial charge is 0.489 e. The van der Waals surface area contributed by atoms with Gasteiger partial charge in [-0.15, -0.1) is 22.7 Å². The highest BCUT2D eigenvalue weighted by Crippen LogP contribution is 2.35.